The fourth-order valence-corrected chi connectivity index (χ4v) is 3.40. The van der Waals surface area contributed by atoms with Crippen molar-refractivity contribution in [2.45, 2.75) is 10.9 Å². The number of nitrogens with zero attached hydrogens (tertiary/aromatic N) is 1. The molecule has 0 spiro atoms. The van der Waals surface area contributed by atoms with Gasteiger partial charge in [0.15, 0.2) is 0 Å². The van der Waals surface area contributed by atoms with E-state index < -0.39 is 38.2 Å². The Morgan fingerprint density at radius 3 is 2.32 bits per heavy atom. The quantitative estimate of drug-likeness (QED) is 0.499. The molecule has 0 saturated heterocycles. The Morgan fingerprint density at radius 2 is 1.84 bits per heavy atom. The highest BCUT2D eigenvalue weighted by molar-refractivity contribution is 7.89. The summed E-state index contributed by atoms with van der Waals surface area (Å²) in [6.07, 6.45) is 0. The molecule has 11 heteroatoms. The van der Waals surface area contributed by atoms with E-state index in [9.17, 15) is 23.6 Å². The van der Waals surface area contributed by atoms with Gasteiger partial charge in [-0.25, -0.2) is 13.6 Å². The molecule has 0 saturated carbocycles. The van der Waals surface area contributed by atoms with Crippen molar-refractivity contribution in [2.75, 3.05) is 11.9 Å². The zero-order valence-electron chi connectivity index (χ0n) is 12.5. The highest BCUT2D eigenvalue weighted by Gasteiger charge is 2.23. The predicted molar refractivity (Wildman–Crippen MR) is 94.4 cm³/mol. The van der Waals surface area contributed by atoms with Gasteiger partial charge in [0.25, 0.3) is 5.69 Å². The Kier molecular flexibility index (Phi) is 5.86. The maximum atomic E-state index is 11.4. The summed E-state index contributed by atoms with van der Waals surface area (Å²) in [7, 11) is -4.10. The first-order valence-electron chi connectivity index (χ1n) is 6.77. The Morgan fingerprint density at radius 1 is 1.24 bits per heavy atom. The number of nitro groups is 1. The number of primary sulfonamides is 1. The molecule has 134 valence electrons. The fraction of sp³-hybridized carbons (Fsp3) is 0.143. The molecule has 25 heavy (non-hydrogen) atoms. The lowest BCUT2D eigenvalue weighted by molar-refractivity contribution is -0.384. The third-order valence-electron chi connectivity index (χ3n) is 3.35. The molecule has 0 aliphatic heterocycles. The van der Waals surface area contributed by atoms with Crippen LogP contribution in [0.1, 0.15) is 11.6 Å². The molecule has 0 aliphatic carbocycles. The summed E-state index contributed by atoms with van der Waals surface area (Å²) in [4.78, 5) is 10.1. The second-order valence-electron chi connectivity index (χ2n) is 5.00. The molecule has 0 unspecified atom stereocenters. The van der Waals surface area contributed by atoms with Crippen molar-refractivity contribution in [1.82, 2.24) is 0 Å². The number of aliphatic hydroxyl groups excluding tert-OH is 1. The lowest BCUT2D eigenvalue weighted by atomic mass is 10.1. The molecule has 0 amide bonds. The van der Waals surface area contributed by atoms with Crippen molar-refractivity contribution in [3.63, 3.8) is 0 Å². The van der Waals surface area contributed by atoms with Gasteiger partial charge in [0.05, 0.1) is 22.5 Å². The van der Waals surface area contributed by atoms with Crippen LogP contribution >= 0.6 is 23.2 Å². The first kappa shape index (κ1) is 19.4. The number of hydrogen-bond acceptors (Lipinski definition) is 6. The number of halogens is 2. The Balaban J connectivity index is 2.49. The highest BCUT2D eigenvalue weighted by Crippen LogP contribution is 2.35. The average Bonchev–Trinajstić information content (AvgIpc) is 2.52. The van der Waals surface area contributed by atoms with E-state index in [1.807, 2.05) is 0 Å². The first-order chi connectivity index (χ1) is 11.6. The van der Waals surface area contributed by atoms with Crippen molar-refractivity contribution in [1.29, 1.82) is 0 Å². The predicted octanol–water partition coefficient (Wildman–Crippen LogP) is 2.69. The van der Waals surface area contributed by atoms with Crippen LogP contribution in [0.25, 0.3) is 0 Å². The Hall–Kier alpha value is -1.91. The molecule has 2 aromatic carbocycles. The number of nitrogens with one attached hydrogen (secondary N) is 1. The minimum atomic E-state index is -4.10. The number of hydrogen-bond donors (Lipinski definition) is 3. The zero-order chi connectivity index (χ0) is 18.8. The van der Waals surface area contributed by atoms with Gasteiger partial charge in [-0.15, -0.1) is 0 Å². The SMILES string of the molecule is NS(=O)(=O)c1ccc(N[C@H](CO)c2c(Cl)cccc2Cl)c([N+](=O)[O-])c1. The summed E-state index contributed by atoms with van der Waals surface area (Å²) in [5, 5.41) is 29.2. The molecule has 0 radical (unpaired) electrons. The van der Waals surface area contributed by atoms with Crippen LogP contribution in [0.4, 0.5) is 11.4 Å². The van der Waals surface area contributed by atoms with E-state index in [1.54, 1.807) is 18.2 Å². The average molecular weight is 406 g/mol. The van der Waals surface area contributed by atoms with Gasteiger partial charge >= 0.3 is 0 Å². The van der Waals surface area contributed by atoms with Crippen molar-refractivity contribution in [2.24, 2.45) is 5.14 Å². The van der Waals surface area contributed by atoms with Crippen molar-refractivity contribution in [3.05, 3.63) is 62.1 Å². The van der Waals surface area contributed by atoms with Crippen molar-refractivity contribution >= 4 is 44.6 Å². The lowest BCUT2D eigenvalue weighted by Crippen LogP contribution is -2.17. The van der Waals surface area contributed by atoms with Crippen molar-refractivity contribution < 1.29 is 18.4 Å². The van der Waals surface area contributed by atoms with Gasteiger partial charge in [0, 0.05) is 21.7 Å². The van der Waals surface area contributed by atoms with Gasteiger partial charge in [0.1, 0.15) is 5.69 Å². The highest BCUT2D eigenvalue weighted by atomic mass is 35.5. The van der Waals surface area contributed by atoms with Gasteiger partial charge in [-0.3, -0.25) is 10.1 Å². The minimum Gasteiger partial charge on any atom is -0.394 e. The molecule has 4 N–H and O–H groups in total. The Bertz CT molecular complexity index is 900. The second kappa shape index (κ2) is 7.54. The number of benzene rings is 2. The van der Waals surface area contributed by atoms with Gasteiger partial charge in [-0.2, -0.15) is 0 Å². The first-order valence-corrected chi connectivity index (χ1v) is 9.08. The lowest BCUT2D eigenvalue weighted by Gasteiger charge is -2.20. The molecule has 1 atom stereocenters. The Labute approximate surface area is 153 Å². The molecular weight excluding hydrogens is 393 g/mol. The maximum absolute atomic E-state index is 11.4. The standard InChI is InChI=1S/C14H13Cl2N3O5S/c15-9-2-1-3-10(16)14(9)12(7-20)18-11-5-4-8(25(17,23)24)6-13(11)19(21)22/h1-6,12,18,20H,7H2,(H2,17,23,24)/t12-/m1/s1. The molecule has 0 aromatic heterocycles. The molecule has 0 bridgehead atoms. The minimum absolute atomic E-state index is 0.0209. The van der Waals surface area contributed by atoms with Crippen LogP contribution in [0.2, 0.25) is 10.0 Å². The summed E-state index contributed by atoms with van der Waals surface area (Å²) in [5.74, 6) is 0. The van der Waals surface area contributed by atoms with Crippen LogP contribution in [0, 0.1) is 10.1 Å². The van der Waals surface area contributed by atoms with E-state index in [0.29, 0.717) is 5.56 Å². The third kappa shape index (κ3) is 4.39. The van der Waals surface area contributed by atoms with Gasteiger partial charge in [-0.1, -0.05) is 29.3 Å². The molecule has 0 heterocycles. The number of nitrogens with two attached hydrogens (primary N) is 1. The molecule has 0 aliphatic rings. The van der Waals surface area contributed by atoms with E-state index in [-0.39, 0.29) is 15.7 Å². The van der Waals surface area contributed by atoms with Crippen LogP contribution < -0.4 is 10.5 Å². The largest absolute Gasteiger partial charge is 0.394 e. The number of aliphatic hydroxyl groups is 1. The number of anilines is 1. The number of sulfonamides is 1. The second-order valence-corrected chi connectivity index (χ2v) is 7.37. The van der Waals surface area contributed by atoms with Crippen LogP contribution in [-0.2, 0) is 10.0 Å². The summed E-state index contributed by atoms with van der Waals surface area (Å²) in [5.41, 5.74) is -0.182. The van der Waals surface area contributed by atoms with E-state index >= 15 is 0 Å². The molecule has 8 nitrogen and oxygen atoms in total. The molecule has 2 aromatic rings. The van der Waals surface area contributed by atoms with E-state index in [0.717, 1.165) is 12.1 Å². The zero-order valence-corrected chi connectivity index (χ0v) is 14.8. The number of rotatable bonds is 6. The summed E-state index contributed by atoms with van der Waals surface area (Å²) >= 11 is 12.2. The monoisotopic (exact) mass is 405 g/mol. The third-order valence-corrected chi connectivity index (χ3v) is 4.93. The summed E-state index contributed by atoms with van der Waals surface area (Å²) < 4.78 is 22.7. The van der Waals surface area contributed by atoms with Gasteiger partial charge < -0.3 is 10.4 Å². The van der Waals surface area contributed by atoms with E-state index in [2.05, 4.69) is 5.32 Å². The molecule has 2 rings (SSSR count). The normalized spacial score (nSPS) is 12.6. The smallest absolute Gasteiger partial charge is 0.293 e. The van der Waals surface area contributed by atoms with E-state index in [4.69, 9.17) is 28.3 Å². The van der Waals surface area contributed by atoms with Crippen LogP contribution in [0.15, 0.2) is 41.3 Å². The molecular formula is C14H13Cl2N3O5S. The van der Waals surface area contributed by atoms with Crippen LogP contribution in [0.3, 0.4) is 0 Å². The fourth-order valence-electron chi connectivity index (χ4n) is 2.20. The topological polar surface area (TPSA) is 136 Å². The van der Waals surface area contributed by atoms with Crippen LogP contribution in [0.5, 0.6) is 0 Å². The molecule has 0 fully saturated rings. The number of nitro benzene ring substituents is 1. The van der Waals surface area contributed by atoms with E-state index in [1.165, 1.54) is 6.07 Å². The van der Waals surface area contributed by atoms with Gasteiger partial charge in [0.2, 0.25) is 10.0 Å². The summed E-state index contributed by atoms with van der Waals surface area (Å²) in [6.45, 7) is -0.461. The maximum Gasteiger partial charge on any atom is 0.293 e. The van der Waals surface area contributed by atoms with Crippen molar-refractivity contribution in [3.8, 4) is 0 Å². The summed E-state index contributed by atoms with van der Waals surface area (Å²) in [6, 6.07) is 7.03. The van der Waals surface area contributed by atoms with Crippen LogP contribution in [-0.4, -0.2) is 25.1 Å². The van der Waals surface area contributed by atoms with Gasteiger partial charge in [-0.05, 0) is 24.3 Å².